The Morgan fingerprint density at radius 2 is 1.64 bits per heavy atom. The molecule has 1 N–H and O–H groups in total. The zero-order valence-corrected chi connectivity index (χ0v) is 15.8. The van der Waals surface area contributed by atoms with Gasteiger partial charge in [0.1, 0.15) is 0 Å². The third-order valence-corrected chi connectivity index (χ3v) is 5.98. The topological polar surface area (TPSA) is 66.5 Å². The number of nitrogens with zero attached hydrogens (tertiary/aromatic N) is 1. The highest BCUT2D eigenvalue weighted by molar-refractivity contribution is 7.92. The van der Waals surface area contributed by atoms with Crippen LogP contribution < -0.4 is 9.62 Å². The molecule has 0 bridgehead atoms. The molecule has 0 spiro atoms. The van der Waals surface area contributed by atoms with Gasteiger partial charge in [-0.3, -0.25) is 9.10 Å². The molecular weight excluding hydrogens is 336 g/mol. The van der Waals surface area contributed by atoms with Gasteiger partial charge in [0, 0.05) is 12.6 Å². The molecule has 5 nitrogen and oxygen atoms in total. The first-order valence-electron chi connectivity index (χ1n) is 8.18. The van der Waals surface area contributed by atoms with Gasteiger partial charge in [-0.2, -0.15) is 0 Å². The summed E-state index contributed by atoms with van der Waals surface area (Å²) in [6.07, 6.45) is 0. The molecule has 1 amide bonds. The van der Waals surface area contributed by atoms with Crippen molar-refractivity contribution in [1.82, 2.24) is 5.32 Å². The Bertz CT molecular complexity index is 828. The van der Waals surface area contributed by atoms with E-state index in [9.17, 15) is 13.2 Å². The third kappa shape index (κ3) is 4.60. The molecule has 0 aliphatic heterocycles. The lowest BCUT2D eigenvalue weighted by atomic mass is 10.1. The van der Waals surface area contributed by atoms with Crippen molar-refractivity contribution in [3.63, 3.8) is 0 Å². The summed E-state index contributed by atoms with van der Waals surface area (Å²) in [7, 11) is -1.80. The Hall–Kier alpha value is -2.34. The summed E-state index contributed by atoms with van der Waals surface area (Å²) in [6, 6.07) is 14.4. The van der Waals surface area contributed by atoms with Crippen LogP contribution in [0.15, 0.2) is 48.5 Å². The van der Waals surface area contributed by atoms with Crippen LogP contribution in [-0.2, 0) is 10.0 Å². The number of anilines is 1. The van der Waals surface area contributed by atoms with E-state index in [4.69, 9.17) is 0 Å². The molecule has 0 heterocycles. The lowest BCUT2D eigenvalue weighted by molar-refractivity contribution is 0.0940. The van der Waals surface area contributed by atoms with Gasteiger partial charge in [0.15, 0.2) is 0 Å². The van der Waals surface area contributed by atoms with Crippen LogP contribution in [0.5, 0.6) is 0 Å². The van der Waals surface area contributed by atoms with Gasteiger partial charge in [-0.1, -0.05) is 29.8 Å². The van der Waals surface area contributed by atoms with Gasteiger partial charge in [-0.05, 0) is 50.6 Å². The first-order chi connectivity index (χ1) is 11.7. The molecule has 1 atom stereocenters. The summed E-state index contributed by atoms with van der Waals surface area (Å²) in [6.45, 7) is 5.54. The minimum Gasteiger partial charge on any atom is -0.346 e. The van der Waals surface area contributed by atoms with Crippen LogP contribution in [-0.4, -0.2) is 27.1 Å². The highest BCUT2D eigenvalue weighted by Crippen LogP contribution is 2.18. The number of carbonyl (C=O) groups excluding carboxylic acids is 1. The van der Waals surface area contributed by atoms with Gasteiger partial charge in [0.2, 0.25) is 10.0 Å². The second-order valence-electron chi connectivity index (χ2n) is 6.02. The highest BCUT2D eigenvalue weighted by atomic mass is 32.2. The molecule has 6 heteroatoms. The van der Waals surface area contributed by atoms with Crippen molar-refractivity contribution in [3.05, 3.63) is 65.2 Å². The molecule has 25 heavy (non-hydrogen) atoms. The summed E-state index contributed by atoms with van der Waals surface area (Å²) in [5, 5.41) is 2.95. The molecule has 2 aromatic carbocycles. The molecule has 2 rings (SSSR count). The number of benzene rings is 2. The number of hydrogen-bond donors (Lipinski definition) is 1. The van der Waals surface area contributed by atoms with Crippen LogP contribution in [0.25, 0.3) is 0 Å². The average molecular weight is 360 g/mol. The van der Waals surface area contributed by atoms with Crippen molar-refractivity contribution in [1.29, 1.82) is 0 Å². The number of hydrogen-bond acceptors (Lipinski definition) is 3. The monoisotopic (exact) mass is 360 g/mol. The zero-order valence-electron chi connectivity index (χ0n) is 15.0. The van der Waals surface area contributed by atoms with Crippen LogP contribution in [0.4, 0.5) is 5.69 Å². The maximum Gasteiger partial charge on any atom is 0.251 e. The minimum atomic E-state index is -3.31. The Balaban J connectivity index is 2.09. The standard InChI is InChI=1S/C19H24N2O3S/c1-5-25(23,24)21(4)18-12-10-17(11-13-18)19(22)20-15(3)16-8-6-14(2)7-9-16/h6-13,15H,5H2,1-4H3,(H,20,22)/t15-/m0/s1. The summed E-state index contributed by atoms with van der Waals surface area (Å²) in [4.78, 5) is 12.4. The fourth-order valence-electron chi connectivity index (χ4n) is 2.40. The van der Waals surface area contributed by atoms with Gasteiger partial charge < -0.3 is 5.32 Å². The van der Waals surface area contributed by atoms with E-state index >= 15 is 0 Å². The lowest BCUT2D eigenvalue weighted by Crippen LogP contribution is -2.28. The fourth-order valence-corrected chi connectivity index (χ4v) is 3.23. The van der Waals surface area contributed by atoms with Gasteiger partial charge in [0.25, 0.3) is 5.91 Å². The first-order valence-corrected chi connectivity index (χ1v) is 9.79. The van der Waals surface area contributed by atoms with Gasteiger partial charge in [-0.25, -0.2) is 8.42 Å². The van der Waals surface area contributed by atoms with E-state index in [0.717, 1.165) is 5.56 Å². The smallest absolute Gasteiger partial charge is 0.251 e. The van der Waals surface area contributed by atoms with Crippen molar-refractivity contribution in [3.8, 4) is 0 Å². The quantitative estimate of drug-likeness (QED) is 0.860. The number of carbonyl (C=O) groups is 1. The van der Waals surface area contributed by atoms with E-state index in [2.05, 4.69) is 5.32 Å². The molecule has 0 aromatic heterocycles. The zero-order chi connectivity index (χ0) is 18.6. The van der Waals surface area contributed by atoms with Crippen molar-refractivity contribution in [2.24, 2.45) is 0 Å². The van der Waals surface area contributed by atoms with E-state index in [-0.39, 0.29) is 17.7 Å². The van der Waals surface area contributed by atoms with E-state index in [1.54, 1.807) is 31.2 Å². The number of nitrogens with one attached hydrogen (secondary N) is 1. The number of aryl methyl sites for hydroxylation is 1. The highest BCUT2D eigenvalue weighted by Gasteiger charge is 2.17. The van der Waals surface area contributed by atoms with E-state index < -0.39 is 10.0 Å². The van der Waals surface area contributed by atoms with Crippen molar-refractivity contribution in [2.75, 3.05) is 17.1 Å². The summed E-state index contributed by atoms with van der Waals surface area (Å²) in [5.41, 5.74) is 3.23. The molecule has 0 fully saturated rings. The summed E-state index contributed by atoms with van der Waals surface area (Å²) in [5.74, 6) is -0.166. The largest absolute Gasteiger partial charge is 0.346 e. The number of sulfonamides is 1. The second kappa shape index (κ2) is 7.70. The van der Waals surface area contributed by atoms with Crippen LogP contribution in [0.2, 0.25) is 0 Å². The van der Waals surface area contributed by atoms with E-state index in [0.29, 0.717) is 11.3 Å². The van der Waals surface area contributed by atoms with E-state index in [1.165, 1.54) is 16.9 Å². The average Bonchev–Trinajstić information content (AvgIpc) is 2.61. The predicted octanol–water partition coefficient (Wildman–Crippen LogP) is 3.27. The second-order valence-corrected chi connectivity index (χ2v) is 8.31. The maximum atomic E-state index is 12.4. The van der Waals surface area contributed by atoms with Crippen molar-refractivity contribution in [2.45, 2.75) is 26.8 Å². The Kier molecular flexibility index (Phi) is 5.85. The first kappa shape index (κ1) is 19.0. The fraction of sp³-hybridized carbons (Fsp3) is 0.316. The van der Waals surface area contributed by atoms with Crippen LogP contribution in [0, 0.1) is 6.92 Å². The molecule has 0 aliphatic carbocycles. The summed E-state index contributed by atoms with van der Waals surface area (Å²) >= 11 is 0. The van der Waals surface area contributed by atoms with Crippen LogP contribution in [0.1, 0.15) is 41.4 Å². The van der Waals surface area contributed by atoms with Gasteiger partial charge in [0.05, 0.1) is 17.5 Å². The number of rotatable bonds is 6. The Labute approximate surface area is 149 Å². The number of amides is 1. The molecular formula is C19H24N2O3S. The molecule has 0 aliphatic rings. The Morgan fingerprint density at radius 3 is 2.16 bits per heavy atom. The van der Waals surface area contributed by atoms with Crippen LogP contribution in [0.3, 0.4) is 0 Å². The Morgan fingerprint density at radius 1 is 1.08 bits per heavy atom. The minimum absolute atomic E-state index is 0.0276. The van der Waals surface area contributed by atoms with Gasteiger partial charge >= 0.3 is 0 Å². The van der Waals surface area contributed by atoms with E-state index in [1.807, 2.05) is 38.1 Å². The predicted molar refractivity (Wildman–Crippen MR) is 101 cm³/mol. The van der Waals surface area contributed by atoms with Crippen LogP contribution >= 0.6 is 0 Å². The molecule has 0 unspecified atom stereocenters. The van der Waals surface area contributed by atoms with Crippen molar-refractivity contribution < 1.29 is 13.2 Å². The van der Waals surface area contributed by atoms with Crippen molar-refractivity contribution >= 4 is 21.6 Å². The molecule has 134 valence electrons. The third-order valence-electron chi connectivity index (χ3n) is 4.20. The molecule has 0 radical (unpaired) electrons. The summed E-state index contributed by atoms with van der Waals surface area (Å²) < 4.78 is 25.0. The SMILES string of the molecule is CCS(=O)(=O)N(C)c1ccc(C(=O)N[C@@H](C)c2ccc(C)cc2)cc1. The molecule has 2 aromatic rings. The lowest BCUT2D eigenvalue weighted by Gasteiger charge is -2.19. The van der Waals surface area contributed by atoms with Gasteiger partial charge in [-0.15, -0.1) is 0 Å². The normalized spacial score (nSPS) is 12.5. The molecule has 0 saturated heterocycles. The maximum absolute atomic E-state index is 12.4. The molecule has 0 saturated carbocycles.